The molecule has 0 radical (unpaired) electrons. The molecule has 0 unspecified atom stereocenters. The van der Waals surface area contributed by atoms with Gasteiger partial charge in [0.2, 0.25) is 15.9 Å². The number of ether oxygens (including phenoxy) is 1. The van der Waals surface area contributed by atoms with Gasteiger partial charge in [0.1, 0.15) is 0 Å². The van der Waals surface area contributed by atoms with Crippen LogP contribution < -0.4 is 5.32 Å². The second-order valence-electron chi connectivity index (χ2n) is 6.48. The van der Waals surface area contributed by atoms with Crippen LogP contribution in [0.2, 0.25) is 0 Å². The zero-order valence-corrected chi connectivity index (χ0v) is 14.7. The molecule has 2 heterocycles. The van der Waals surface area contributed by atoms with Crippen LogP contribution in [0.15, 0.2) is 30.3 Å². The molecule has 6 nitrogen and oxygen atoms in total. The topological polar surface area (TPSA) is 75.7 Å². The first-order chi connectivity index (χ1) is 11.5. The van der Waals surface area contributed by atoms with Crippen LogP contribution in [0.1, 0.15) is 26.2 Å². The molecule has 0 aromatic heterocycles. The van der Waals surface area contributed by atoms with Crippen molar-refractivity contribution in [1.82, 2.24) is 4.31 Å². The SMILES string of the molecule is CCCCS(=O)(=O)N1C[C@H]2C[C@H](C(=O)Nc3ccccc3)[C@@H](C1)O2. The molecule has 0 saturated carbocycles. The Morgan fingerprint density at radius 3 is 2.75 bits per heavy atom. The lowest BCUT2D eigenvalue weighted by Gasteiger charge is -2.32. The molecule has 2 aliphatic heterocycles. The number of morpholine rings is 1. The van der Waals surface area contributed by atoms with Crippen molar-refractivity contribution in [3.63, 3.8) is 0 Å². The summed E-state index contributed by atoms with van der Waals surface area (Å²) in [7, 11) is -3.26. The Morgan fingerprint density at radius 2 is 2.04 bits per heavy atom. The monoisotopic (exact) mass is 352 g/mol. The van der Waals surface area contributed by atoms with E-state index in [0.717, 1.165) is 12.1 Å². The predicted octanol–water partition coefficient (Wildman–Crippen LogP) is 1.84. The van der Waals surface area contributed by atoms with Gasteiger partial charge in [0, 0.05) is 18.8 Å². The van der Waals surface area contributed by atoms with Gasteiger partial charge < -0.3 is 10.1 Å². The zero-order chi connectivity index (χ0) is 17.2. The first kappa shape index (κ1) is 17.4. The molecule has 7 heteroatoms. The predicted molar refractivity (Wildman–Crippen MR) is 92.1 cm³/mol. The number of amides is 1. The number of anilines is 1. The molecule has 3 atom stereocenters. The second kappa shape index (κ2) is 7.21. The van der Waals surface area contributed by atoms with Crippen LogP contribution in [0.4, 0.5) is 5.69 Å². The fourth-order valence-electron chi connectivity index (χ4n) is 3.34. The highest BCUT2D eigenvalue weighted by Gasteiger charge is 2.47. The fraction of sp³-hybridized carbons (Fsp3) is 0.588. The Kier molecular flexibility index (Phi) is 5.22. The quantitative estimate of drug-likeness (QED) is 0.848. The summed E-state index contributed by atoms with van der Waals surface area (Å²) in [6.07, 6.45) is 1.53. The summed E-state index contributed by atoms with van der Waals surface area (Å²) in [5, 5.41) is 2.90. The third-order valence-corrected chi connectivity index (χ3v) is 6.54. The minimum atomic E-state index is -3.26. The normalized spacial score (nSPS) is 27.1. The molecule has 2 aliphatic rings. The highest BCUT2D eigenvalue weighted by Crippen LogP contribution is 2.34. The minimum absolute atomic E-state index is 0.0958. The van der Waals surface area contributed by atoms with Crippen molar-refractivity contribution in [2.24, 2.45) is 5.92 Å². The van der Waals surface area contributed by atoms with Crippen molar-refractivity contribution in [3.8, 4) is 0 Å². The summed E-state index contributed by atoms with van der Waals surface area (Å²) in [6, 6.07) is 9.28. The minimum Gasteiger partial charge on any atom is -0.371 e. The average molecular weight is 352 g/mol. The summed E-state index contributed by atoms with van der Waals surface area (Å²) in [6.45, 7) is 2.61. The molecule has 1 N–H and O–H groups in total. The van der Waals surface area contributed by atoms with E-state index in [4.69, 9.17) is 4.74 Å². The van der Waals surface area contributed by atoms with Gasteiger partial charge in [-0.3, -0.25) is 4.79 Å². The van der Waals surface area contributed by atoms with Gasteiger partial charge in [-0.2, -0.15) is 4.31 Å². The molecule has 2 fully saturated rings. The molecule has 2 saturated heterocycles. The molecular formula is C17H24N2O4S. The van der Waals surface area contributed by atoms with Crippen LogP contribution in [-0.4, -0.2) is 49.7 Å². The molecule has 1 amide bonds. The number of nitrogens with zero attached hydrogens (tertiary/aromatic N) is 1. The first-order valence-corrected chi connectivity index (χ1v) is 10.1. The van der Waals surface area contributed by atoms with Gasteiger partial charge in [-0.05, 0) is 25.0 Å². The maximum atomic E-state index is 12.5. The molecule has 132 valence electrons. The van der Waals surface area contributed by atoms with E-state index in [2.05, 4.69) is 5.32 Å². The van der Waals surface area contributed by atoms with Crippen molar-refractivity contribution in [2.75, 3.05) is 24.2 Å². The van der Waals surface area contributed by atoms with Crippen molar-refractivity contribution in [3.05, 3.63) is 30.3 Å². The third-order valence-electron chi connectivity index (χ3n) is 4.65. The Labute approximate surface area is 143 Å². The van der Waals surface area contributed by atoms with E-state index >= 15 is 0 Å². The van der Waals surface area contributed by atoms with Crippen molar-refractivity contribution in [1.29, 1.82) is 0 Å². The molecule has 0 aliphatic carbocycles. The van der Waals surface area contributed by atoms with Gasteiger partial charge in [-0.25, -0.2) is 8.42 Å². The van der Waals surface area contributed by atoms with E-state index in [0.29, 0.717) is 19.4 Å². The van der Waals surface area contributed by atoms with Crippen molar-refractivity contribution >= 4 is 21.6 Å². The Balaban J connectivity index is 1.65. The van der Waals surface area contributed by atoms with Gasteiger partial charge >= 0.3 is 0 Å². The van der Waals surface area contributed by atoms with Crippen LogP contribution in [0.5, 0.6) is 0 Å². The number of hydrogen-bond donors (Lipinski definition) is 1. The lowest BCUT2D eigenvalue weighted by Crippen LogP contribution is -2.48. The van der Waals surface area contributed by atoms with E-state index in [-0.39, 0.29) is 36.3 Å². The standard InChI is InChI=1S/C17H24N2O4S/c1-2-3-9-24(21,22)19-11-14-10-15(16(12-19)23-14)17(20)18-13-7-5-4-6-8-13/h4-8,14-16H,2-3,9-12H2,1H3,(H,18,20)/t14-,15+,16-/m1/s1. The van der Waals surface area contributed by atoms with Crippen LogP contribution in [0, 0.1) is 5.92 Å². The maximum Gasteiger partial charge on any atom is 0.230 e. The lowest BCUT2D eigenvalue weighted by atomic mass is 9.99. The Morgan fingerprint density at radius 1 is 1.29 bits per heavy atom. The summed E-state index contributed by atoms with van der Waals surface area (Å²) in [5.74, 6) is -0.229. The van der Waals surface area contributed by atoms with Gasteiger partial charge in [0.05, 0.1) is 23.9 Å². The van der Waals surface area contributed by atoms with Gasteiger partial charge in [0.15, 0.2) is 0 Å². The Hall–Kier alpha value is -1.44. The van der Waals surface area contributed by atoms with Crippen molar-refractivity contribution < 1.29 is 17.9 Å². The zero-order valence-electron chi connectivity index (χ0n) is 13.8. The highest BCUT2D eigenvalue weighted by atomic mass is 32.2. The van der Waals surface area contributed by atoms with Gasteiger partial charge in [0.25, 0.3) is 0 Å². The molecule has 2 bridgehead atoms. The highest BCUT2D eigenvalue weighted by molar-refractivity contribution is 7.89. The number of carbonyl (C=O) groups excluding carboxylic acids is 1. The van der Waals surface area contributed by atoms with Crippen LogP contribution in [0.25, 0.3) is 0 Å². The van der Waals surface area contributed by atoms with Crippen molar-refractivity contribution in [2.45, 2.75) is 38.4 Å². The molecule has 0 spiro atoms. The van der Waals surface area contributed by atoms with Gasteiger partial charge in [-0.15, -0.1) is 0 Å². The Bertz CT molecular complexity index is 677. The lowest BCUT2D eigenvalue weighted by molar-refractivity contribution is -0.122. The first-order valence-electron chi connectivity index (χ1n) is 8.49. The van der Waals surface area contributed by atoms with Crippen LogP contribution in [0.3, 0.4) is 0 Å². The van der Waals surface area contributed by atoms with Crippen LogP contribution >= 0.6 is 0 Å². The summed E-state index contributed by atoms with van der Waals surface area (Å²) >= 11 is 0. The third kappa shape index (κ3) is 3.79. The molecule has 1 aromatic carbocycles. The summed E-state index contributed by atoms with van der Waals surface area (Å²) in [5.41, 5.74) is 0.747. The fourth-order valence-corrected chi connectivity index (χ4v) is 5.02. The van der Waals surface area contributed by atoms with E-state index in [1.165, 1.54) is 4.31 Å². The number of rotatable bonds is 6. The number of carbonyl (C=O) groups is 1. The van der Waals surface area contributed by atoms with E-state index in [9.17, 15) is 13.2 Å². The van der Waals surface area contributed by atoms with Gasteiger partial charge in [-0.1, -0.05) is 31.5 Å². The molecule has 1 aromatic rings. The largest absolute Gasteiger partial charge is 0.371 e. The second-order valence-corrected chi connectivity index (χ2v) is 8.57. The number of hydrogen-bond acceptors (Lipinski definition) is 4. The number of unbranched alkanes of at least 4 members (excludes halogenated alkanes) is 1. The molecular weight excluding hydrogens is 328 g/mol. The van der Waals surface area contributed by atoms with E-state index < -0.39 is 10.0 Å². The number of nitrogens with one attached hydrogen (secondary N) is 1. The summed E-state index contributed by atoms with van der Waals surface area (Å²) < 4.78 is 32.1. The number of para-hydroxylation sites is 1. The smallest absolute Gasteiger partial charge is 0.230 e. The maximum absolute atomic E-state index is 12.5. The average Bonchev–Trinajstić information content (AvgIpc) is 2.88. The summed E-state index contributed by atoms with van der Waals surface area (Å²) in [4.78, 5) is 12.5. The van der Waals surface area contributed by atoms with Crippen LogP contribution in [-0.2, 0) is 19.6 Å². The van der Waals surface area contributed by atoms with E-state index in [1.54, 1.807) is 0 Å². The molecule has 24 heavy (non-hydrogen) atoms. The number of fused-ring (bicyclic) bond motifs is 2. The van der Waals surface area contributed by atoms with E-state index in [1.807, 2.05) is 37.3 Å². The number of sulfonamides is 1. The molecule has 3 rings (SSSR count). The number of benzene rings is 1.